The first-order chi connectivity index (χ1) is 18.3. The van der Waals surface area contributed by atoms with E-state index in [1.165, 1.54) is 11.1 Å². The van der Waals surface area contributed by atoms with Crippen LogP contribution in [0.1, 0.15) is 42.0 Å². The van der Waals surface area contributed by atoms with E-state index in [0.29, 0.717) is 18.1 Å². The molecule has 0 bridgehead atoms. The van der Waals surface area contributed by atoms with Gasteiger partial charge in [0.05, 0.1) is 12.5 Å². The number of carboxylic acid groups (broad SMARTS) is 1. The number of ether oxygens (including phenoxy) is 1. The molecule has 8 nitrogen and oxygen atoms in total. The lowest BCUT2D eigenvalue weighted by molar-refractivity contribution is -0.136. The van der Waals surface area contributed by atoms with E-state index in [4.69, 9.17) is 9.84 Å². The monoisotopic (exact) mass is 511 g/mol. The number of nitrogens with one attached hydrogen (secondary N) is 1. The fraction of sp³-hybridized carbons (Fsp3) is 0.200. The fourth-order valence-corrected chi connectivity index (χ4v) is 4.15. The highest BCUT2D eigenvalue weighted by Crippen LogP contribution is 2.27. The van der Waals surface area contributed by atoms with Gasteiger partial charge in [0.1, 0.15) is 0 Å². The number of hydrogen-bond donors (Lipinski definition) is 2. The van der Waals surface area contributed by atoms with Gasteiger partial charge in [-0.2, -0.15) is 0 Å². The van der Waals surface area contributed by atoms with Crippen molar-refractivity contribution in [2.75, 3.05) is 11.9 Å². The summed E-state index contributed by atoms with van der Waals surface area (Å²) in [6, 6.07) is 24.0. The van der Waals surface area contributed by atoms with E-state index >= 15 is 0 Å². The topological polar surface area (TPSA) is 108 Å². The van der Waals surface area contributed by atoms with Crippen LogP contribution in [0.15, 0.2) is 90.0 Å². The molecule has 0 aliphatic carbocycles. The van der Waals surface area contributed by atoms with E-state index in [2.05, 4.69) is 10.4 Å². The zero-order valence-electron chi connectivity index (χ0n) is 21.2. The van der Waals surface area contributed by atoms with Gasteiger partial charge >= 0.3 is 5.97 Å². The van der Waals surface area contributed by atoms with Crippen molar-refractivity contribution in [1.82, 2.24) is 5.01 Å². The highest BCUT2D eigenvalue weighted by atomic mass is 16.5. The Bertz CT molecular complexity index is 1350. The summed E-state index contributed by atoms with van der Waals surface area (Å²) in [4.78, 5) is 36.3. The molecule has 3 aromatic rings. The Hall–Kier alpha value is -4.72. The molecule has 1 unspecified atom stereocenters. The minimum absolute atomic E-state index is 0.0393. The quantitative estimate of drug-likeness (QED) is 0.398. The smallest absolute Gasteiger partial charge is 0.328 e. The first-order valence-electron chi connectivity index (χ1n) is 12.3. The van der Waals surface area contributed by atoms with Crippen LogP contribution in [-0.2, 0) is 25.7 Å². The Balaban J connectivity index is 1.44. The van der Waals surface area contributed by atoms with Gasteiger partial charge in [0, 0.05) is 17.3 Å². The molecule has 0 aromatic heterocycles. The van der Waals surface area contributed by atoms with E-state index in [1.807, 2.05) is 68.4 Å². The maximum Gasteiger partial charge on any atom is 0.328 e. The Morgan fingerprint density at radius 2 is 1.71 bits per heavy atom. The summed E-state index contributed by atoms with van der Waals surface area (Å²) in [5, 5.41) is 17.5. The van der Waals surface area contributed by atoms with Crippen molar-refractivity contribution >= 4 is 35.4 Å². The SMILES string of the molecule is CC(C)C(C(=O)Nc1ccc(C=CC(=O)O)cc1)c1ccc(CN2N=C(c3ccccc3)OCC2=O)cc1. The van der Waals surface area contributed by atoms with Crippen molar-refractivity contribution < 1.29 is 24.2 Å². The predicted molar refractivity (Wildman–Crippen MR) is 145 cm³/mol. The molecule has 8 heteroatoms. The van der Waals surface area contributed by atoms with Gasteiger partial charge in [0.25, 0.3) is 5.91 Å². The number of carbonyl (C=O) groups excluding carboxylic acids is 2. The zero-order chi connectivity index (χ0) is 27.1. The lowest BCUT2D eigenvalue weighted by Crippen LogP contribution is -2.36. The Morgan fingerprint density at radius 3 is 2.34 bits per heavy atom. The number of hydrazone groups is 1. The number of rotatable bonds is 9. The highest BCUT2D eigenvalue weighted by Gasteiger charge is 2.26. The molecule has 2 N–H and O–H groups in total. The van der Waals surface area contributed by atoms with Crippen LogP contribution in [0, 0.1) is 5.92 Å². The second-order valence-electron chi connectivity index (χ2n) is 9.26. The van der Waals surface area contributed by atoms with Crippen molar-refractivity contribution in [2.24, 2.45) is 11.0 Å². The summed E-state index contributed by atoms with van der Waals surface area (Å²) in [6.07, 6.45) is 2.56. The molecule has 2 amide bonds. The average Bonchev–Trinajstić information content (AvgIpc) is 2.91. The van der Waals surface area contributed by atoms with Gasteiger partial charge in [0.2, 0.25) is 11.8 Å². The Labute approximate surface area is 221 Å². The van der Waals surface area contributed by atoms with Gasteiger partial charge < -0.3 is 15.2 Å². The molecule has 194 valence electrons. The number of carbonyl (C=O) groups is 3. The molecule has 38 heavy (non-hydrogen) atoms. The minimum Gasteiger partial charge on any atom is -0.478 e. The van der Waals surface area contributed by atoms with Gasteiger partial charge in [-0.05, 0) is 52.9 Å². The highest BCUT2D eigenvalue weighted by molar-refractivity contribution is 5.98. The molecule has 4 rings (SSSR count). The standard InChI is InChI=1S/C30H29N3O5/c1-20(2)28(29(37)31-25-15-10-21(11-16-25)12-17-27(35)36)23-13-8-22(9-14-23)18-33-26(34)19-38-30(32-33)24-6-4-3-5-7-24/h3-17,20,28H,18-19H2,1-2H3,(H,31,37)(H,35,36). The molecule has 1 aliphatic heterocycles. The summed E-state index contributed by atoms with van der Waals surface area (Å²) in [5.41, 5.74) is 3.90. The molecule has 0 spiro atoms. The maximum atomic E-state index is 13.2. The second-order valence-corrected chi connectivity index (χ2v) is 9.26. The maximum absolute atomic E-state index is 13.2. The van der Waals surface area contributed by atoms with Crippen LogP contribution in [0.4, 0.5) is 5.69 Å². The molecule has 0 saturated carbocycles. The molecule has 0 fully saturated rings. The third-order valence-corrected chi connectivity index (χ3v) is 6.07. The van der Waals surface area contributed by atoms with Gasteiger partial charge in [-0.15, -0.1) is 5.10 Å². The van der Waals surface area contributed by atoms with Crippen LogP contribution in [0.5, 0.6) is 0 Å². The zero-order valence-corrected chi connectivity index (χ0v) is 21.2. The number of amides is 2. The summed E-state index contributed by atoms with van der Waals surface area (Å²) in [5.74, 6) is -1.32. The van der Waals surface area contributed by atoms with Crippen molar-refractivity contribution in [2.45, 2.75) is 26.3 Å². The van der Waals surface area contributed by atoms with E-state index in [9.17, 15) is 14.4 Å². The van der Waals surface area contributed by atoms with Crippen LogP contribution >= 0.6 is 0 Å². The molecule has 3 aromatic carbocycles. The van der Waals surface area contributed by atoms with Crippen LogP contribution < -0.4 is 5.32 Å². The van der Waals surface area contributed by atoms with E-state index in [-0.39, 0.29) is 30.3 Å². The number of benzene rings is 3. The Kier molecular flexibility index (Phi) is 8.33. The summed E-state index contributed by atoms with van der Waals surface area (Å²) >= 11 is 0. The van der Waals surface area contributed by atoms with Crippen LogP contribution in [0.25, 0.3) is 6.08 Å². The van der Waals surface area contributed by atoms with E-state index in [0.717, 1.165) is 28.3 Å². The largest absolute Gasteiger partial charge is 0.478 e. The number of anilines is 1. The van der Waals surface area contributed by atoms with Crippen molar-refractivity contribution in [3.8, 4) is 0 Å². The number of aliphatic carboxylic acids is 1. The first kappa shape index (κ1) is 26.3. The van der Waals surface area contributed by atoms with Gasteiger partial charge in [-0.3, -0.25) is 9.59 Å². The number of hydrogen-bond acceptors (Lipinski definition) is 5. The summed E-state index contributed by atoms with van der Waals surface area (Å²) < 4.78 is 5.51. The van der Waals surface area contributed by atoms with Gasteiger partial charge in [-0.25, -0.2) is 9.80 Å². The molecule has 0 saturated heterocycles. The third-order valence-electron chi connectivity index (χ3n) is 6.07. The van der Waals surface area contributed by atoms with Gasteiger partial charge in [-0.1, -0.05) is 68.4 Å². The van der Waals surface area contributed by atoms with Crippen LogP contribution in [-0.4, -0.2) is 40.4 Å². The first-order valence-corrected chi connectivity index (χ1v) is 12.3. The van der Waals surface area contributed by atoms with Crippen LogP contribution in [0.2, 0.25) is 0 Å². The molecule has 0 radical (unpaired) electrons. The van der Waals surface area contributed by atoms with E-state index in [1.54, 1.807) is 24.3 Å². The van der Waals surface area contributed by atoms with Gasteiger partial charge in [0.15, 0.2) is 6.61 Å². The average molecular weight is 512 g/mol. The molecular weight excluding hydrogens is 482 g/mol. The lowest BCUT2D eigenvalue weighted by Gasteiger charge is -2.24. The lowest BCUT2D eigenvalue weighted by atomic mass is 9.87. The van der Waals surface area contributed by atoms with E-state index < -0.39 is 5.97 Å². The molecule has 1 heterocycles. The van der Waals surface area contributed by atoms with Crippen molar-refractivity contribution in [1.29, 1.82) is 0 Å². The third kappa shape index (κ3) is 6.73. The predicted octanol–water partition coefficient (Wildman–Crippen LogP) is 4.88. The Morgan fingerprint density at radius 1 is 1.03 bits per heavy atom. The molecular formula is C30H29N3O5. The minimum atomic E-state index is -1.02. The van der Waals surface area contributed by atoms with Crippen LogP contribution in [0.3, 0.4) is 0 Å². The fourth-order valence-electron chi connectivity index (χ4n) is 4.15. The van der Waals surface area contributed by atoms with Crippen molar-refractivity contribution in [3.05, 3.63) is 107 Å². The van der Waals surface area contributed by atoms with Crippen molar-refractivity contribution in [3.63, 3.8) is 0 Å². The number of nitrogens with zero attached hydrogens (tertiary/aromatic N) is 2. The summed E-state index contributed by atoms with van der Waals surface area (Å²) in [6.45, 7) is 4.20. The number of carboxylic acids is 1. The second kappa shape index (κ2) is 12.0. The molecule has 1 aliphatic rings. The normalized spacial score (nSPS) is 14.2. The summed E-state index contributed by atoms with van der Waals surface area (Å²) in [7, 11) is 0. The molecule has 1 atom stereocenters.